The molecule has 1 aliphatic heterocycles. The molecule has 0 bridgehead atoms. The lowest BCUT2D eigenvalue weighted by molar-refractivity contribution is -0.384. The summed E-state index contributed by atoms with van der Waals surface area (Å²) >= 11 is 0. The van der Waals surface area contributed by atoms with Crippen LogP contribution in [0.15, 0.2) is 24.3 Å². The molecule has 1 amide bonds. The van der Waals surface area contributed by atoms with Crippen LogP contribution in [0.2, 0.25) is 0 Å². The number of hydrogen-bond acceptors (Lipinski definition) is 5. The monoisotopic (exact) mass is 292 g/mol. The Kier molecular flexibility index (Phi) is 5.24. The van der Waals surface area contributed by atoms with Crippen LogP contribution in [-0.2, 0) is 4.79 Å². The number of nitrogens with one attached hydrogen (secondary N) is 1. The third-order valence-corrected chi connectivity index (χ3v) is 3.73. The summed E-state index contributed by atoms with van der Waals surface area (Å²) in [4.78, 5) is 24.2. The second-order valence-corrected chi connectivity index (χ2v) is 5.21. The van der Waals surface area contributed by atoms with Crippen molar-refractivity contribution in [3.05, 3.63) is 34.4 Å². The van der Waals surface area contributed by atoms with Crippen LogP contribution in [-0.4, -0.2) is 41.4 Å². The van der Waals surface area contributed by atoms with E-state index < -0.39 is 4.92 Å². The van der Waals surface area contributed by atoms with Crippen molar-refractivity contribution in [1.29, 1.82) is 0 Å². The number of anilines is 1. The van der Waals surface area contributed by atoms with Gasteiger partial charge in [-0.2, -0.15) is 0 Å². The molecule has 0 saturated carbocycles. The molecular weight excluding hydrogens is 272 g/mol. The van der Waals surface area contributed by atoms with Crippen LogP contribution in [0, 0.1) is 10.1 Å². The fourth-order valence-corrected chi connectivity index (χ4v) is 2.59. The highest BCUT2D eigenvalue weighted by atomic mass is 16.6. The van der Waals surface area contributed by atoms with Crippen LogP contribution in [0.1, 0.15) is 19.3 Å². The lowest BCUT2D eigenvalue weighted by Gasteiger charge is -2.34. The number of non-ortho nitro benzene ring substituents is 1. The van der Waals surface area contributed by atoms with Crippen LogP contribution in [0.5, 0.6) is 0 Å². The fourth-order valence-electron chi connectivity index (χ4n) is 2.59. The van der Waals surface area contributed by atoms with Gasteiger partial charge < -0.3 is 11.1 Å². The molecule has 1 saturated heterocycles. The molecular formula is C14H20N4O3. The lowest BCUT2D eigenvalue weighted by Crippen LogP contribution is -2.47. The number of nitro benzene ring substituents is 1. The number of rotatable bonds is 5. The Bertz CT molecular complexity index is 503. The number of amides is 1. The van der Waals surface area contributed by atoms with Crippen molar-refractivity contribution in [3.8, 4) is 0 Å². The summed E-state index contributed by atoms with van der Waals surface area (Å²) in [6, 6.07) is 6.08. The van der Waals surface area contributed by atoms with Crippen LogP contribution in [0.3, 0.4) is 0 Å². The van der Waals surface area contributed by atoms with Gasteiger partial charge in [-0.1, -0.05) is 6.42 Å². The van der Waals surface area contributed by atoms with Gasteiger partial charge in [0, 0.05) is 30.4 Å². The molecule has 7 nitrogen and oxygen atoms in total. The van der Waals surface area contributed by atoms with E-state index in [0.717, 1.165) is 25.8 Å². The van der Waals surface area contributed by atoms with Crippen molar-refractivity contribution in [2.24, 2.45) is 5.73 Å². The largest absolute Gasteiger partial charge is 0.329 e. The zero-order chi connectivity index (χ0) is 15.2. The summed E-state index contributed by atoms with van der Waals surface area (Å²) in [6.07, 6.45) is 3.27. The molecule has 1 atom stereocenters. The quantitative estimate of drug-likeness (QED) is 0.630. The van der Waals surface area contributed by atoms with Gasteiger partial charge in [-0.3, -0.25) is 19.8 Å². The number of piperidine rings is 1. The van der Waals surface area contributed by atoms with Gasteiger partial charge in [-0.05, 0) is 31.5 Å². The number of nitro groups is 1. The number of carbonyl (C=O) groups is 1. The van der Waals surface area contributed by atoms with E-state index in [2.05, 4.69) is 10.2 Å². The van der Waals surface area contributed by atoms with Gasteiger partial charge in [-0.15, -0.1) is 0 Å². The second kappa shape index (κ2) is 7.14. The molecule has 2 rings (SSSR count). The van der Waals surface area contributed by atoms with Crippen molar-refractivity contribution in [2.45, 2.75) is 25.3 Å². The normalized spacial score (nSPS) is 19.2. The van der Waals surface area contributed by atoms with Gasteiger partial charge in [0.1, 0.15) is 0 Å². The van der Waals surface area contributed by atoms with Gasteiger partial charge >= 0.3 is 0 Å². The summed E-state index contributed by atoms with van der Waals surface area (Å²) in [7, 11) is 0. The molecule has 0 spiro atoms. The van der Waals surface area contributed by atoms with Crippen LogP contribution in [0.4, 0.5) is 11.4 Å². The Labute approximate surface area is 123 Å². The molecule has 1 fully saturated rings. The lowest BCUT2D eigenvalue weighted by atomic mass is 10.0. The molecule has 1 aliphatic rings. The maximum absolute atomic E-state index is 12.0. The number of benzene rings is 1. The third kappa shape index (κ3) is 4.24. The van der Waals surface area contributed by atoms with Crippen molar-refractivity contribution < 1.29 is 9.72 Å². The van der Waals surface area contributed by atoms with E-state index in [1.807, 2.05) is 0 Å². The van der Waals surface area contributed by atoms with E-state index in [9.17, 15) is 14.9 Å². The Balaban J connectivity index is 1.90. The minimum atomic E-state index is -0.467. The minimum absolute atomic E-state index is 0.00669. The first-order valence-corrected chi connectivity index (χ1v) is 7.08. The first-order chi connectivity index (χ1) is 10.1. The van der Waals surface area contributed by atoms with Gasteiger partial charge in [0.2, 0.25) is 5.91 Å². The number of nitrogens with two attached hydrogens (primary N) is 1. The highest BCUT2D eigenvalue weighted by molar-refractivity contribution is 5.92. The second-order valence-electron chi connectivity index (χ2n) is 5.21. The van der Waals surface area contributed by atoms with Gasteiger partial charge in [0.05, 0.1) is 11.5 Å². The first kappa shape index (κ1) is 15.4. The van der Waals surface area contributed by atoms with Crippen molar-refractivity contribution in [1.82, 2.24) is 4.90 Å². The molecule has 0 aliphatic carbocycles. The standard InChI is InChI=1S/C14H20N4O3/c15-9-13-3-1-2-8-17(13)10-14(19)16-11-4-6-12(7-5-11)18(20)21/h4-7,13H,1-3,8-10,15H2,(H,16,19). The summed E-state index contributed by atoms with van der Waals surface area (Å²) in [5.41, 5.74) is 6.30. The number of hydrogen-bond donors (Lipinski definition) is 2. The predicted molar refractivity (Wildman–Crippen MR) is 80.0 cm³/mol. The summed E-state index contributed by atoms with van der Waals surface area (Å²) in [5, 5.41) is 13.3. The zero-order valence-corrected chi connectivity index (χ0v) is 11.8. The Hall–Kier alpha value is -1.99. The average molecular weight is 292 g/mol. The van der Waals surface area contributed by atoms with Crippen molar-refractivity contribution in [3.63, 3.8) is 0 Å². The Morgan fingerprint density at radius 1 is 1.38 bits per heavy atom. The molecule has 114 valence electrons. The molecule has 1 heterocycles. The molecule has 7 heteroatoms. The summed E-state index contributed by atoms with van der Waals surface area (Å²) < 4.78 is 0. The fraction of sp³-hybridized carbons (Fsp3) is 0.500. The maximum atomic E-state index is 12.0. The Morgan fingerprint density at radius 2 is 2.10 bits per heavy atom. The molecule has 1 aromatic carbocycles. The van der Waals surface area contributed by atoms with Crippen LogP contribution in [0.25, 0.3) is 0 Å². The molecule has 0 radical (unpaired) electrons. The summed E-state index contributed by atoms with van der Waals surface area (Å²) in [6.45, 7) is 1.75. The number of likely N-dealkylation sites (tertiary alicyclic amines) is 1. The summed E-state index contributed by atoms with van der Waals surface area (Å²) in [5.74, 6) is -0.121. The van der Waals surface area contributed by atoms with Gasteiger partial charge in [-0.25, -0.2) is 0 Å². The van der Waals surface area contributed by atoms with E-state index in [4.69, 9.17) is 5.73 Å². The minimum Gasteiger partial charge on any atom is -0.329 e. The van der Waals surface area contributed by atoms with Gasteiger partial charge in [0.25, 0.3) is 5.69 Å². The van der Waals surface area contributed by atoms with E-state index in [0.29, 0.717) is 18.8 Å². The van der Waals surface area contributed by atoms with Crippen LogP contribution < -0.4 is 11.1 Å². The van der Waals surface area contributed by atoms with Crippen molar-refractivity contribution >= 4 is 17.3 Å². The first-order valence-electron chi connectivity index (χ1n) is 7.08. The highest BCUT2D eigenvalue weighted by Gasteiger charge is 2.22. The average Bonchev–Trinajstić information content (AvgIpc) is 2.48. The van der Waals surface area contributed by atoms with Crippen molar-refractivity contribution in [2.75, 3.05) is 25.0 Å². The maximum Gasteiger partial charge on any atom is 0.269 e. The zero-order valence-electron chi connectivity index (χ0n) is 11.8. The SMILES string of the molecule is NCC1CCCCN1CC(=O)Nc1ccc([N+](=O)[O-])cc1. The topological polar surface area (TPSA) is 102 Å². The molecule has 0 aromatic heterocycles. The number of nitrogens with zero attached hydrogens (tertiary/aromatic N) is 2. The van der Waals surface area contributed by atoms with Crippen LogP contribution >= 0.6 is 0 Å². The molecule has 1 unspecified atom stereocenters. The van der Waals surface area contributed by atoms with Gasteiger partial charge in [0.15, 0.2) is 0 Å². The molecule has 1 aromatic rings. The molecule has 3 N–H and O–H groups in total. The Morgan fingerprint density at radius 3 is 2.71 bits per heavy atom. The van der Waals surface area contributed by atoms with E-state index in [1.54, 1.807) is 0 Å². The number of carbonyl (C=O) groups excluding carboxylic acids is 1. The third-order valence-electron chi connectivity index (χ3n) is 3.73. The predicted octanol–water partition coefficient (Wildman–Crippen LogP) is 1.35. The van der Waals surface area contributed by atoms with E-state index >= 15 is 0 Å². The smallest absolute Gasteiger partial charge is 0.269 e. The van der Waals surface area contributed by atoms with E-state index in [-0.39, 0.29) is 17.6 Å². The highest BCUT2D eigenvalue weighted by Crippen LogP contribution is 2.17. The van der Waals surface area contributed by atoms with E-state index in [1.165, 1.54) is 24.3 Å². The molecule has 21 heavy (non-hydrogen) atoms.